The van der Waals surface area contributed by atoms with Gasteiger partial charge in [0.05, 0.1) is 0 Å². The van der Waals surface area contributed by atoms with Crippen molar-refractivity contribution in [3.8, 4) is 11.4 Å². The molecule has 0 amide bonds. The van der Waals surface area contributed by atoms with E-state index in [-0.39, 0.29) is 0 Å². The molecule has 4 heteroatoms. The lowest BCUT2D eigenvalue weighted by molar-refractivity contribution is 0.885. The number of rotatable bonds is 3. The number of nitrogens with two attached hydrogens (primary N) is 1. The van der Waals surface area contributed by atoms with E-state index in [4.69, 9.17) is 5.73 Å². The first-order chi connectivity index (χ1) is 8.54. The molecule has 4 nitrogen and oxygen atoms in total. The Labute approximate surface area is 107 Å². The Morgan fingerprint density at radius 1 is 1.11 bits per heavy atom. The predicted molar refractivity (Wildman–Crippen MR) is 75.4 cm³/mol. The third-order valence-electron chi connectivity index (χ3n) is 2.46. The molecule has 0 radical (unpaired) electrons. The summed E-state index contributed by atoms with van der Waals surface area (Å²) in [7, 11) is 0. The molecule has 0 bridgehead atoms. The second kappa shape index (κ2) is 5.04. The van der Waals surface area contributed by atoms with Crippen LogP contribution in [0.15, 0.2) is 30.3 Å². The van der Waals surface area contributed by atoms with Gasteiger partial charge in [-0.05, 0) is 45.0 Å². The number of hydrogen-bond acceptors (Lipinski definition) is 4. The number of anilines is 2. The molecule has 3 N–H and O–H groups in total. The number of hydrogen-bond donors (Lipinski definition) is 2. The van der Waals surface area contributed by atoms with Gasteiger partial charge in [0, 0.05) is 29.1 Å². The molecule has 0 saturated carbocycles. The summed E-state index contributed by atoms with van der Waals surface area (Å²) in [6.07, 6.45) is 0. The smallest absolute Gasteiger partial charge is 0.161 e. The molecule has 0 aliphatic carbocycles. The SMILES string of the molecule is Cc1cc(NC(C)C)nc(-c2ccc(N)cc2)n1. The van der Waals surface area contributed by atoms with Gasteiger partial charge in [-0.1, -0.05) is 0 Å². The number of aryl methyl sites for hydroxylation is 1. The van der Waals surface area contributed by atoms with Crippen molar-refractivity contribution in [3.63, 3.8) is 0 Å². The van der Waals surface area contributed by atoms with Crippen LogP contribution in [0.25, 0.3) is 11.4 Å². The van der Waals surface area contributed by atoms with Crippen molar-refractivity contribution in [3.05, 3.63) is 36.0 Å². The van der Waals surface area contributed by atoms with Crippen LogP contribution in [0.1, 0.15) is 19.5 Å². The van der Waals surface area contributed by atoms with Crippen molar-refractivity contribution in [2.75, 3.05) is 11.1 Å². The largest absolute Gasteiger partial charge is 0.399 e. The minimum atomic E-state index is 0.346. The Morgan fingerprint density at radius 2 is 1.78 bits per heavy atom. The van der Waals surface area contributed by atoms with Crippen molar-refractivity contribution in [1.29, 1.82) is 0 Å². The van der Waals surface area contributed by atoms with E-state index >= 15 is 0 Å². The van der Waals surface area contributed by atoms with Gasteiger partial charge in [0.25, 0.3) is 0 Å². The molecule has 2 rings (SSSR count). The molecule has 2 aromatic rings. The number of nitrogens with zero attached hydrogens (tertiary/aromatic N) is 2. The zero-order valence-corrected chi connectivity index (χ0v) is 10.9. The van der Waals surface area contributed by atoms with E-state index < -0.39 is 0 Å². The predicted octanol–water partition coefficient (Wildman–Crippen LogP) is 2.85. The third-order valence-corrected chi connectivity index (χ3v) is 2.46. The Balaban J connectivity index is 2.38. The highest BCUT2D eigenvalue weighted by Crippen LogP contribution is 2.19. The molecule has 0 spiro atoms. The summed E-state index contributed by atoms with van der Waals surface area (Å²) in [4.78, 5) is 8.96. The van der Waals surface area contributed by atoms with E-state index in [1.165, 1.54) is 0 Å². The molecule has 0 aliphatic rings. The molecule has 1 aromatic heterocycles. The van der Waals surface area contributed by atoms with Crippen LogP contribution in [0.4, 0.5) is 11.5 Å². The average Bonchev–Trinajstić information content (AvgIpc) is 2.28. The Morgan fingerprint density at radius 3 is 2.39 bits per heavy atom. The summed E-state index contributed by atoms with van der Waals surface area (Å²) >= 11 is 0. The van der Waals surface area contributed by atoms with E-state index in [1.54, 1.807) is 0 Å². The number of benzene rings is 1. The number of nitrogens with one attached hydrogen (secondary N) is 1. The van der Waals surface area contributed by atoms with E-state index in [1.807, 2.05) is 37.3 Å². The van der Waals surface area contributed by atoms with Crippen LogP contribution in [-0.4, -0.2) is 16.0 Å². The van der Waals surface area contributed by atoms with Crippen molar-refractivity contribution in [1.82, 2.24) is 9.97 Å². The monoisotopic (exact) mass is 242 g/mol. The summed E-state index contributed by atoms with van der Waals surface area (Å²) in [6, 6.07) is 9.87. The van der Waals surface area contributed by atoms with Gasteiger partial charge in [0.2, 0.25) is 0 Å². The summed E-state index contributed by atoms with van der Waals surface area (Å²) < 4.78 is 0. The molecule has 18 heavy (non-hydrogen) atoms. The van der Waals surface area contributed by atoms with Crippen molar-refractivity contribution in [2.45, 2.75) is 26.8 Å². The zero-order valence-electron chi connectivity index (χ0n) is 10.9. The highest BCUT2D eigenvalue weighted by atomic mass is 15.0. The third kappa shape index (κ3) is 2.97. The molecule has 0 atom stereocenters. The summed E-state index contributed by atoms with van der Waals surface area (Å²) in [5, 5.41) is 3.29. The van der Waals surface area contributed by atoms with Gasteiger partial charge in [-0.2, -0.15) is 0 Å². The quantitative estimate of drug-likeness (QED) is 0.812. The van der Waals surface area contributed by atoms with Gasteiger partial charge in [0.1, 0.15) is 5.82 Å². The number of nitrogen functional groups attached to an aromatic ring is 1. The maximum atomic E-state index is 5.68. The Bertz CT molecular complexity index is 532. The molecule has 94 valence electrons. The molecule has 0 aliphatic heterocycles. The van der Waals surface area contributed by atoms with Crippen LogP contribution in [-0.2, 0) is 0 Å². The maximum Gasteiger partial charge on any atom is 0.161 e. The van der Waals surface area contributed by atoms with Gasteiger partial charge in [-0.15, -0.1) is 0 Å². The van der Waals surface area contributed by atoms with Crippen LogP contribution in [0.2, 0.25) is 0 Å². The summed E-state index contributed by atoms with van der Waals surface area (Å²) in [6.45, 7) is 6.13. The zero-order chi connectivity index (χ0) is 13.1. The van der Waals surface area contributed by atoms with Crippen LogP contribution >= 0.6 is 0 Å². The van der Waals surface area contributed by atoms with Crippen LogP contribution < -0.4 is 11.1 Å². The molecule has 0 fully saturated rings. The standard InChI is InChI=1S/C14H18N4/c1-9(2)16-13-8-10(3)17-14(18-13)11-4-6-12(15)7-5-11/h4-9H,15H2,1-3H3,(H,16,17,18). The van der Waals surface area contributed by atoms with E-state index in [0.717, 1.165) is 28.6 Å². The minimum absolute atomic E-state index is 0.346. The van der Waals surface area contributed by atoms with Crippen LogP contribution in [0.5, 0.6) is 0 Å². The van der Waals surface area contributed by atoms with Gasteiger partial charge in [-0.3, -0.25) is 0 Å². The molecular formula is C14H18N4. The second-order valence-corrected chi connectivity index (χ2v) is 4.64. The molecule has 1 aromatic carbocycles. The minimum Gasteiger partial charge on any atom is -0.399 e. The van der Waals surface area contributed by atoms with E-state index in [0.29, 0.717) is 6.04 Å². The average molecular weight is 242 g/mol. The van der Waals surface area contributed by atoms with E-state index in [9.17, 15) is 0 Å². The topological polar surface area (TPSA) is 63.8 Å². The van der Waals surface area contributed by atoms with Crippen LogP contribution in [0.3, 0.4) is 0 Å². The van der Waals surface area contributed by atoms with Gasteiger partial charge >= 0.3 is 0 Å². The fourth-order valence-electron chi connectivity index (χ4n) is 1.70. The van der Waals surface area contributed by atoms with Gasteiger partial charge < -0.3 is 11.1 Å². The lowest BCUT2D eigenvalue weighted by Crippen LogP contribution is -2.12. The second-order valence-electron chi connectivity index (χ2n) is 4.64. The first-order valence-corrected chi connectivity index (χ1v) is 6.03. The molecular weight excluding hydrogens is 224 g/mol. The number of aromatic nitrogens is 2. The Hall–Kier alpha value is -2.10. The summed E-state index contributed by atoms with van der Waals surface area (Å²) in [5.41, 5.74) is 8.34. The van der Waals surface area contributed by atoms with Crippen molar-refractivity contribution in [2.24, 2.45) is 0 Å². The fourth-order valence-corrected chi connectivity index (χ4v) is 1.70. The highest BCUT2D eigenvalue weighted by molar-refractivity contribution is 5.60. The lowest BCUT2D eigenvalue weighted by atomic mass is 10.2. The van der Waals surface area contributed by atoms with Crippen LogP contribution in [0, 0.1) is 6.92 Å². The van der Waals surface area contributed by atoms with Gasteiger partial charge in [0.15, 0.2) is 5.82 Å². The van der Waals surface area contributed by atoms with Crippen molar-refractivity contribution < 1.29 is 0 Å². The first kappa shape index (κ1) is 12.4. The lowest BCUT2D eigenvalue weighted by Gasteiger charge is -2.11. The molecule has 0 saturated heterocycles. The maximum absolute atomic E-state index is 5.68. The normalized spacial score (nSPS) is 10.7. The highest BCUT2D eigenvalue weighted by Gasteiger charge is 2.05. The fraction of sp³-hybridized carbons (Fsp3) is 0.286. The summed E-state index contributed by atoms with van der Waals surface area (Å²) in [5.74, 6) is 1.57. The van der Waals surface area contributed by atoms with Crippen molar-refractivity contribution >= 4 is 11.5 Å². The molecule has 1 heterocycles. The first-order valence-electron chi connectivity index (χ1n) is 6.03. The van der Waals surface area contributed by atoms with E-state index in [2.05, 4.69) is 29.1 Å². The van der Waals surface area contributed by atoms with Gasteiger partial charge in [-0.25, -0.2) is 9.97 Å². The Kier molecular flexibility index (Phi) is 3.46. The molecule has 0 unspecified atom stereocenters.